The van der Waals surface area contributed by atoms with E-state index in [9.17, 15) is 9.59 Å². The number of piperazine rings is 1. The maximum Gasteiger partial charge on any atom is 0.253 e. The molecule has 5 nitrogen and oxygen atoms in total. The summed E-state index contributed by atoms with van der Waals surface area (Å²) in [5.74, 6) is -0.310. The molecule has 2 amide bonds. The third kappa shape index (κ3) is 3.81. The number of benzene rings is 2. The van der Waals surface area contributed by atoms with Crippen LogP contribution in [0.2, 0.25) is 0 Å². The quantitative estimate of drug-likeness (QED) is 0.932. The Morgan fingerprint density at radius 1 is 0.833 bits per heavy atom. The zero-order valence-electron chi connectivity index (χ0n) is 13.5. The summed E-state index contributed by atoms with van der Waals surface area (Å²) in [5, 5.41) is 0. The smallest absolute Gasteiger partial charge is 0.253 e. The Labute approximate surface area is 141 Å². The van der Waals surface area contributed by atoms with Gasteiger partial charge in [0.05, 0.1) is 0 Å². The molecule has 1 saturated heterocycles. The molecule has 24 heavy (non-hydrogen) atoms. The minimum Gasteiger partial charge on any atom is -0.366 e. The summed E-state index contributed by atoms with van der Waals surface area (Å²) in [6.07, 6.45) is 0. The molecular weight excluding hydrogens is 302 g/mol. The van der Waals surface area contributed by atoms with Crippen LogP contribution in [0, 0.1) is 0 Å². The van der Waals surface area contributed by atoms with E-state index in [0.717, 1.165) is 43.9 Å². The van der Waals surface area contributed by atoms with Crippen molar-refractivity contribution in [3.63, 3.8) is 0 Å². The first-order valence-corrected chi connectivity index (χ1v) is 8.09. The van der Waals surface area contributed by atoms with Crippen LogP contribution >= 0.6 is 0 Å². The molecule has 0 bridgehead atoms. The highest BCUT2D eigenvalue weighted by Gasteiger charge is 2.21. The van der Waals surface area contributed by atoms with Gasteiger partial charge in [-0.2, -0.15) is 0 Å². The van der Waals surface area contributed by atoms with E-state index in [2.05, 4.69) is 4.90 Å². The lowest BCUT2D eigenvalue weighted by Crippen LogP contribution is -2.48. The van der Waals surface area contributed by atoms with Crippen molar-refractivity contribution in [3.8, 4) is 0 Å². The molecule has 0 unspecified atom stereocenters. The molecule has 2 N–H and O–H groups in total. The van der Waals surface area contributed by atoms with E-state index in [1.807, 2.05) is 47.4 Å². The molecule has 1 aliphatic rings. The average molecular weight is 323 g/mol. The second-order valence-electron chi connectivity index (χ2n) is 6.00. The number of carbonyl (C=O) groups is 2. The van der Waals surface area contributed by atoms with Crippen LogP contribution in [0.4, 0.5) is 0 Å². The van der Waals surface area contributed by atoms with Crippen molar-refractivity contribution in [3.05, 3.63) is 71.3 Å². The molecule has 0 saturated carbocycles. The molecule has 2 aromatic carbocycles. The Hall–Kier alpha value is -2.66. The maximum absolute atomic E-state index is 12.4. The van der Waals surface area contributed by atoms with Crippen LogP contribution in [0.1, 0.15) is 26.3 Å². The number of carbonyl (C=O) groups excluding carboxylic acids is 2. The molecule has 3 rings (SSSR count). The molecule has 124 valence electrons. The summed E-state index contributed by atoms with van der Waals surface area (Å²) in [5.41, 5.74) is 7.66. The lowest BCUT2D eigenvalue weighted by molar-refractivity contribution is 0.0628. The zero-order valence-corrected chi connectivity index (χ0v) is 13.5. The van der Waals surface area contributed by atoms with Crippen molar-refractivity contribution in [2.45, 2.75) is 6.54 Å². The minimum atomic E-state index is -0.408. The number of nitrogens with zero attached hydrogens (tertiary/aromatic N) is 2. The predicted octanol–water partition coefficient (Wildman–Crippen LogP) is 1.74. The van der Waals surface area contributed by atoms with Gasteiger partial charge >= 0.3 is 0 Å². The van der Waals surface area contributed by atoms with Crippen LogP contribution in [-0.2, 0) is 6.54 Å². The lowest BCUT2D eigenvalue weighted by Gasteiger charge is -2.34. The van der Waals surface area contributed by atoms with E-state index in [1.54, 1.807) is 12.1 Å². The minimum absolute atomic E-state index is 0.0982. The van der Waals surface area contributed by atoms with Crippen LogP contribution in [0.5, 0.6) is 0 Å². The molecule has 0 radical (unpaired) electrons. The normalized spacial score (nSPS) is 15.2. The number of primary amides is 1. The summed E-state index contributed by atoms with van der Waals surface area (Å²) in [7, 11) is 0. The third-order valence-corrected chi connectivity index (χ3v) is 4.32. The molecule has 0 atom stereocenters. The monoisotopic (exact) mass is 323 g/mol. The Bertz CT molecular complexity index is 705. The van der Waals surface area contributed by atoms with Crippen molar-refractivity contribution in [2.24, 2.45) is 5.73 Å². The second kappa shape index (κ2) is 7.27. The Kier molecular flexibility index (Phi) is 4.91. The second-order valence-corrected chi connectivity index (χ2v) is 6.00. The van der Waals surface area contributed by atoms with E-state index in [4.69, 9.17) is 5.73 Å². The van der Waals surface area contributed by atoms with Crippen molar-refractivity contribution in [1.29, 1.82) is 0 Å². The topological polar surface area (TPSA) is 66.6 Å². The summed E-state index contributed by atoms with van der Waals surface area (Å²) < 4.78 is 0. The molecule has 0 aliphatic carbocycles. The summed E-state index contributed by atoms with van der Waals surface area (Å²) in [4.78, 5) is 27.7. The average Bonchev–Trinajstić information content (AvgIpc) is 2.63. The van der Waals surface area contributed by atoms with Crippen LogP contribution in [0.25, 0.3) is 0 Å². The molecule has 5 heteroatoms. The SMILES string of the molecule is NC(=O)c1ccc(CN2CCN(C(=O)c3ccccc3)CC2)cc1. The van der Waals surface area contributed by atoms with Gasteiger partial charge in [-0.3, -0.25) is 14.5 Å². The van der Waals surface area contributed by atoms with Crippen LogP contribution in [0.3, 0.4) is 0 Å². The van der Waals surface area contributed by atoms with Gasteiger partial charge in [-0.05, 0) is 29.8 Å². The first kappa shape index (κ1) is 16.2. The van der Waals surface area contributed by atoms with Gasteiger partial charge in [0.1, 0.15) is 0 Å². The third-order valence-electron chi connectivity index (χ3n) is 4.32. The zero-order chi connectivity index (χ0) is 16.9. The molecule has 1 heterocycles. The number of hydrogen-bond donors (Lipinski definition) is 1. The van der Waals surface area contributed by atoms with Gasteiger partial charge in [-0.1, -0.05) is 30.3 Å². The number of rotatable bonds is 4. The van der Waals surface area contributed by atoms with E-state index >= 15 is 0 Å². The highest BCUT2D eigenvalue weighted by Crippen LogP contribution is 2.12. The molecular formula is C19H21N3O2. The van der Waals surface area contributed by atoms with Crippen LogP contribution in [-0.4, -0.2) is 47.8 Å². The van der Waals surface area contributed by atoms with Gasteiger partial charge in [-0.15, -0.1) is 0 Å². The van der Waals surface area contributed by atoms with Gasteiger partial charge in [0.25, 0.3) is 5.91 Å². The van der Waals surface area contributed by atoms with Crippen molar-refractivity contribution in [2.75, 3.05) is 26.2 Å². The summed E-state index contributed by atoms with van der Waals surface area (Å²) in [6, 6.07) is 16.8. The highest BCUT2D eigenvalue weighted by atomic mass is 16.2. The Balaban J connectivity index is 1.53. The largest absolute Gasteiger partial charge is 0.366 e. The standard InChI is InChI=1S/C19H21N3O2/c20-18(23)16-8-6-15(7-9-16)14-21-10-12-22(13-11-21)19(24)17-4-2-1-3-5-17/h1-9H,10-14H2,(H2,20,23). The van der Waals surface area contributed by atoms with Gasteiger partial charge in [0.15, 0.2) is 0 Å². The van der Waals surface area contributed by atoms with Gasteiger partial charge in [0, 0.05) is 43.9 Å². The fourth-order valence-electron chi connectivity index (χ4n) is 2.90. The van der Waals surface area contributed by atoms with E-state index in [0.29, 0.717) is 5.56 Å². The van der Waals surface area contributed by atoms with Crippen molar-refractivity contribution in [1.82, 2.24) is 9.80 Å². The fourth-order valence-corrected chi connectivity index (χ4v) is 2.90. The van der Waals surface area contributed by atoms with E-state index < -0.39 is 5.91 Å². The highest BCUT2D eigenvalue weighted by molar-refractivity contribution is 5.94. The lowest BCUT2D eigenvalue weighted by atomic mass is 10.1. The molecule has 2 aromatic rings. The van der Waals surface area contributed by atoms with Crippen molar-refractivity contribution < 1.29 is 9.59 Å². The Morgan fingerprint density at radius 2 is 1.46 bits per heavy atom. The number of nitrogens with two attached hydrogens (primary N) is 1. The predicted molar refractivity (Wildman–Crippen MR) is 92.6 cm³/mol. The van der Waals surface area contributed by atoms with Gasteiger partial charge in [0.2, 0.25) is 5.91 Å². The number of amides is 2. The number of hydrogen-bond acceptors (Lipinski definition) is 3. The summed E-state index contributed by atoms with van der Waals surface area (Å²) in [6.45, 7) is 3.96. The van der Waals surface area contributed by atoms with E-state index in [-0.39, 0.29) is 5.91 Å². The van der Waals surface area contributed by atoms with Crippen LogP contribution in [0.15, 0.2) is 54.6 Å². The van der Waals surface area contributed by atoms with Gasteiger partial charge in [-0.25, -0.2) is 0 Å². The van der Waals surface area contributed by atoms with Crippen LogP contribution < -0.4 is 5.73 Å². The molecule has 0 spiro atoms. The Morgan fingerprint density at radius 3 is 2.04 bits per heavy atom. The van der Waals surface area contributed by atoms with Gasteiger partial charge < -0.3 is 10.6 Å². The first-order chi connectivity index (χ1) is 11.6. The van der Waals surface area contributed by atoms with E-state index in [1.165, 1.54) is 0 Å². The molecule has 1 aliphatic heterocycles. The molecule has 1 fully saturated rings. The molecule has 0 aromatic heterocycles. The fraction of sp³-hybridized carbons (Fsp3) is 0.263. The van der Waals surface area contributed by atoms with Crippen molar-refractivity contribution >= 4 is 11.8 Å². The maximum atomic E-state index is 12.4. The summed E-state index contributed by atoms with van der Waals surface area (Å²) >= 11 is 0. The first-order valence-electron chi connectivity index (χ1n) is 8.09.